The predicted molar refractivity (Wildman–Crippen MR) is 108 cm³/mol. The second-order valence-corrected chi connectivity index (χ2v) is 6.96. The highest BCUT2D eigenvalue weighted by Crippen LogP contribution is 2.22. The van der Waals surface area contributed by atoms with Gasteiger partial charge in [-0.3, -0.25) is 15.6 Å². The summed E-state index contributed by atoms with van der Waals surface area (Å²) >= 11 is 0. The first kappa shape index (κ1) is 19.7. The van der Waals surface area contributed by atoms with E-state index in [1.54, 1.807) is 42.5 Å². The van der Waals surface area contributed by atoms with Gasteiger partial charge in [0.2, 0.25) is 5.71 Å². The molecule has 2 aromatic carbocycles. The summed E-state index contributed by atoms with van der Waals surface area (Å²) in [5, 5.41) is 22.7. The van der Waals surface area contributed by atoms with Crippen molar-refractivity contribution in [3.05, 3.63) is 59.7 Å². The number of hydrogen-bond donors (Lipinski definition) is 4. The van der Waals surface area contributed by atoms with Gasteiger partial charge in [-0.15, -0.1) is 0 Å². The molecule has 0 heterocycles. The van der Waals surface area contributed by atoms with Gasteiger partial charge in [-0.1, -0.05) is 39.0 Å². The van der Waals surface area contributed by atoms with Crippen LogP contribution in [-0.4, -0.2) is 17.5 Å². The Labute approximate surface area is 158 Å². The van der Waals surface area contributed by atoms with Gasteiger partial charge >= 0.3 is 0 Å². The maximum Gasteiger partial charge on any atom is 0.255 e. The summed E-state index contributed by atoms with van der Waals surface area (Å²) in [6, 6.07) is 16.1. The fraction of sp³-hybridized carbons (Fsp3) is 0.200. The first-order valence-electron chi connectivity index (χ1n) is 8.31. The summed E-state index contributed by atoms with van der Waals surface area (Å²) in [5.74, 6) is -0.647. The number of benzene rings is 2. The quantitative estimate of drug-likeness (QED) is 0.369. The molecule has 0 aliphatic carbocycles. The number of amides is 1. The van der Waals surface area contributed by atoms with E-state index in [1.807, 2.05) is 12.1 Å². The van der Waals surface area contributed by atoms with E-state index in [0.29, 0.717) is 16.9 Å². The smallest absolute Gasteiger partial charge is 0.255 e. The summed E-state index contributed by atoms with van der Waals surface area (Å²) in [6.45, 7) is 6.35. The number of nitrogens with zero attached hydrogens (tertiary/aromatic N) is 2. The molecular weight excluding hydrogens is 340 g/mol. The zero-order valence-electron chi connectivity index (χ0n) is 15.5. The van der Waals surface area contributed by atoms with Crippen molar-refractivity contribution in [2.24, 2.45) is 10.8 Å². The Morgan fingerprint density at radius 3 is 2.33 bits per heavy atom. The maximum absolute atomic E-state index is 12.4. The van der Waals surface area contributed by atoms with Gasteiger partial charge in [0.25, 0.3) is 5.91 Å². The van der Waals surface area contributed by atoms with Gasteiger partial charge in [-0.2, -0.15) is 10.4 Å². The lowest BCUT2D eigenvalue weighted by molar-refractivity contribution is 0.102. The summed E-state index contributed by atoms with van der Waals surface area (Å²) in [7, 11) is 0. The molecule has 0 saturated carbocycles. The monoisotopic (exact) mass is 362 g/mol. The van der Waals surface area contributed by atoms with Crippen LogP contribution in [0.3, 0.4) is 0 Å². The molecule has 1 amide bonds. The van der Waals surface area contributed by atoms with E-state index < -0.39 is 5.84 Å². The Morgan fingerprint density at radius 1 is 1.15 bits per heavy atom. The van der Waals surface area contributed by atoms with Gasteiger partial charge in [0.1, 0.15) is 6.07 Å². The van der Waals surface area contributed by atoms with Crippen LogP contribution in [-0.2, 0) is 5.41 Å². The largest absolute Gasteiger partial charge is 0.382 e. The maximum atomic E-state index is 12.4. The van der Waals surface area contributed by atoms with Gasteiger partial charge in [-0.05, 0) is 41.3 Å². The SMILES string of the molecule is CC(C)(C)c1ccc(C(=O)Nc2cccc(N/N=C(\C#N)C(=N)N)c2)cc1. The second-order valence-electron chi connectivity index (χ2n) is 6.96. The molecule has 0 aromatic heterocycles. The normalized spacial score (nSPS) is 11.4. The Bertz CT molecular complexity index is 917. The van der Waals surface area contributed by atoms with Crippen molar-refractivity contribution < 1.29 is 4.79 Å². The van der Waals surface area contributed by atoms with Crippen molar-refractivity contribution >= 4 is 28.8 Å². The van der Waals surface area contributed by atoms with E-state index in [-0.39, 0.29) is 17.0 Å². The fourth-order valence-electron chi connectivity index (χ4n) is 2.26. The number of rotatable bonds is 5. The lowest BCUT2D eigenvalue weighted by Gasteiger charge is -2.19. The van der Waals surface area contributed by atoms with Crippen molar-refractivity contribution in [2.75, 3.05) is 10.7 Å². The molecule has 5 N–H and O–H groups in total. The topological polar surface area (TPSA) is 127 Å². The standard InChI is InChI=1S/C20H22N6O/c1-20(2,3)14-9-7-13(8-10-14)19(27)24-15-5-4-6-16(11-15)25-26-17(12-21)18(22)23/h4-11,25H,1-3H3,(H3,22,23)(H,24,27)/b26-17+. The van der Waals surface area contributed by atoms with Gasteiger partial charge in [0.05, 0.1) is 5.69 Å². The molecule has 0 aliphatic rings. The summed E-state index contributed by atoms with van der Waals surface area (Å²) in [4.78, 5) is 12.4. The second kappa shape index (κ2) is 8.15. The highest BCUT2D eigenvalue weighted by Gasteiger charge is 2.14. The first-order valence-corrected chi connectivity index (χ1v) is 8.31. The van der Waals surface area contributed by atoms with Gasteiger partial charge in [0, 0.05) is 11.3 Å². The van der Waals surface area contributed by atoms with Crippen LogP contribution in [0.1, 0.15) is 36.7 Å². The van der Waals surface area contributed by atoms with Crippen LogP contribution in [0.2, 0.25) is 0 Å². The Balaban J connectivity index is 2.10. The number of hydrazone groups is 1. The summed E-state index contributed by atoms with van der Waals surface area (Å²) in [5.41, 5.74) is 10.5. The summed E-state index contributed by atoms with van der Waals surface area (Å²) in [6.07, 6.45) is 0. The van der Waals surface area contributed by atoms with E-state index in [2.05, 4.69) is 36.6 Å². The predicted octanol–water partition coefficient (Wildman–Crippen LogP) is 3.46. The third kappa shape index (κ3) is 5.41. The molecule has 0 radical (unpaired) electrons. The third-order valence-electron chi connectivity index (χ3n) is 3.79. The molecule has 138 valence electrons. The highest BCUT2D eigenvalue weighted by molar-refractivity contribution is 6.45. The number of nitrogens with two attached hydrogens (primary N) is 1. The molecule has 2 aromatic rings. The molecule has 27 heavy (non-hydrogen) atoms. The van der Waals surface area contributed by atoms with Crippen LogP contribution in [0.25, 0.3) is 0 Å². The van der Waals surface area contributed by atoms with Crippen molar-refractivity contribution in [3.8, 4) is 6.07 Å². The molecule has 0 bridgehead atoms. The van der Waals surface area contributed by atoms with E-state index in [0.717, 1.165) is 5.56 Å². The van der Waals surface area contributed by atoms with Gasteiger partial charge in [0.15, 0.2) is 5.84 Å². The van der Waals surface area contributed by atoms with Crippen molar-refractivity contribution in [1.82, 2.24) is 0 Å². The van der Waals surface area contributed by atoms with Crippen molar-refractivity contribution in [1.29, 1.82) is 10.7 Å². The molecule has 0 spiro atoms. The molecule has 2 rings (SSSR count). The highest BCUT2D eigenvalue weighted by atomic mass is 16.1. The van der Waals surface area contributed by atoms with Crippen LogP contribution < -0.4 is 16.5 Å². The Kier molecular flexibility index (Phi) is 5.93. The number of hydrogen-bond acceptors (Lipinski definition) is 5. The van der Waals surface area contributed by atoms with Gasteiger partial charge in [-0.25, -0.2) is 0 Å². The molecule has 7 nitrogen and oxygen atoms in total. The first-order chi connectivity index (χ1) is 12.7. The van der Waals surface area contributed by atoms with Crippen molar-refractivity contribution in [3.63, 3.8) is 0 Å². The number of nitriles is 1. The minimum Gasteiger partial charge on any atom is -0.382 e. The molecule has 0 fully saturated rings. The molecule has 0 unspecified atom stereocenters. The zero-order chi connectivity index (χ0) is 20.0. The van der Waals surface area contributed by atoms with Crippen LogP contribution in [0.4, 0.5) is 11.4 Å². The molecular formula is C20H22N6O. The van der Waals surface area contributed by atoms with Crippen molar-refractivity contribution in [2.45, 2.75) is 26.2 Å². The molecule has 7 heteroatoms. The Hall–Kier alpha value is -3.66. The number of amidine groups is 1. The van der Waals surface area contributed by atoms with E-state index >= 15 is 0 Å². The average molecular weight is 362 g/mol. The number of nitrogens with one attached hydrogen (secondary N) is 3. The number of carbonyl (C=O) groups excluding carboxylic acids is 1. The van der Waals surface area contributed by atoms with E-state index in [9.17, 15) is 4.79 Å². The van der Waals surface area contributed by atoms with Gasteiger partial charge < -0.3 is 11.1 Å². The zero-order valence-corrected chi connectivity index (χ0v) is 15.5. The molecule has 0 saturated heterocycles. The van der Waals surface area contributed by atoms with E-state index in [1.165, 1.54) is 0 Å². The third-order valence-corrected chi connectivity index (χ3v) is 3.79. The van der Waals surface area contributed by atoms with E-state index in [4.69, 9.17) is 16.4 Å². The average Bonchev–Trinajstić information content (AvgIpc) is 2.61. The number of anilines is 2. The van der Waals surface area contributed by atoms with Crippen LogP contribution in [0, 0.1) is 16.7 Å². The minimum absolute atomic E-state index is 0.0255. The number of carbonyl (C=O) groups is 1. The fourth-order valence-corrected chi connectivity index (χ4v) is 2.26. The summed E-state index contributed by atoms with van der Waals surface area (Å²) < 4.78 is 0. The van der Waals surface area contributed by atoms with Crippen LogP contribution >= 0.6 is 0 Å². The van der Waals surface area contributed by atoms with Crippen LogP contribution in [0.5, 0.6) is 0 Å². The lowest BCUT2D eigenvalue weighted by atomic mass is 9.87. The molecule has 0 aliphatic heterocycles. The lowest BCUT2D eigenvalue weighted by Crippen LogP contribution is -2.21. The Morgan fingerprint density at radius 2 is 1.78 bits per heavy atom. The van der Waals surface area contributed by atoms with Crippen LogP contribution in [0.15, 0.2) is 53.6 Å². The molecule has 0 atom stereocenters. The minimum atomic E-state index is -0.423.